The van der Waals surface area contributed by atoms with Crippen LogP contribution in [0.3, 0.4) is 0 Å². The minimum absolute atomic E-state index is 0.510. The van der Waals surface area contributed by atoms with E-state index in [4.69, 9.17) is 9.47 Å². The van der Waals surface area contributed by atoms with E-state index in [1.54, 1.807) is 0 Å². The van der Waals surface area contributed by atoms with E-state index in [-0.39, 0.29) is 0 Å². The summed E-state index contributed by atoms with van der Waals surface area (Å²) in [6.07, 6.45) is 9.93. The van der Waals surface area contributed by atoms with Crippen molar-refractivity contribution in [3.05, 3.63) is 0 Å². The second-order valence-corrected chi connectivity index (χ2v) is 4.03. The van der Waals surface area contributed by atoms with Crippen molar-refractivity contribution in [2.45, 2.75) is 58.0 Å². The van der Waals surface area contributed by atoms with Crippen LogP contribution in [-0.2, 0) is 9.47 Å². The highest BCUT2D eigenvalue weighted by atomic mass is 16.5. The standard InChI is InChI=1S/C12H24O2/c1-2-13-10-11-14-12-8-6-4-3-5-7-9-12/h12H,2-11H2,1H3. The molecule has 84 valence electrons. The van der Waals surface area contributed by atoms with Gasteiger partial charge in [0.15, 0.2) is 0 Å². The molecule has 0 N–H and O–H groups in total. The molecule has 14 heavy (non-hydrogen) atoms. The lowest BCUT2D eigenvalue weighted by atomic mass is 9.99. The Hall–Kier alpha value is -0.0800. The third-order valence-corrected chi connectivity index (χ3v) is 2.84. The van der Waals surface area contributed by atoms with Crippen molar-refractivity contribution in [3.63, 3.8) is 0 Å². The van der Waals surface area contributed by atoms with E-state index in [9.17, 15) is 0 Å². The van der Waals surface area contributed by atoms with Crippen LogP contribution >= 0.6 is 0 Å². The van der Waals surface area contributed by atoms with Crippen LogP contribution in [0.5, 0.6) is 0 Å². The van der Waals surface area contributed by atoms with Gasteiger partial charge >= 0.3 is 0 Å². The highest BCUT2D eigenvalue weighted by Crippen LogP contribution is 2.19. The molecule has 0 bridgehead atoms. The van der Waals surface area contributed by atoms with E-state index in [2.05, 4.69) is 0 Å². The molecule has 2 heteroatoms. The molecule has 0 radical (unpaired) electrons. The summed E-state index contributed by atoms with van der Waals surface area (Å²) in [7, 11) is 0. The van der Waals surface area contributed by atoms with Gasteiger partial charge in [0.1, 0.15) is 0 Å². The highest BCUT2D eigenvalue weighted by molar-refractivity contribution is 4.62. The Morgan fingerprint density at radius 1 is 0.929 bits per heavy atom. The summed E-state index contributed by atoms with van der Waals surface area (Å²) < 4.78 is 11.1. The average Bonchev–Trinajstić information content (AvgIpc) is 2.15. The average molecular weight is 200 g/mol. The Labute approximate surface area is 88.0 Å². The molecule has 1 saturated carbocycles. The Morgan fingerprint density at radius 2 is 1.57 bits per heavy atom. The first-order valence-corrected chi connectivity index (χ1v) is 6.13. The van der Waals surface area contributed by atoms with E-state index < -0.39 is 0 Å². The zero-order valence-electron chi connectivity index (χ0n) is 9.46. The molecule has 1 rings (SSSR count). The SMILES string of the molecule is CCOCCOC1CCCCCCC1. The summed E-state index contributed by atoms with van der Waals surface area (Å²) in [6.45, 7) is 4.36. The van der Waals surface area contributed by atoms with Gasteiger partial charge in [-0.2, -0.15) is 0 Å². The van der Waals surface area contributed by atoms with Gasteiger partial charge < -0.3 is 9.47 Å². The third kappa shape index (κ3) is 5.61. The normalized spacial score (nSPS) is 20.4. The monoisotopic (exact) mass is 200 g/mol. The predicted octanol–water partition coefficient (Wildman–Crippen LogP) is 3.15. The second kappa shape index (κ2) is 8.25. The van der Waals surface area contributed by atoms with Crippen molar-refractivity contribution in [3.8, 4) is 0 Å². The van der Waals surface area contributed by atoms with Crippen LogP contribution in [-0.4, -0.2) is 25.9 Å². The molecular weight excluding hydrogens is 176 g/mol. The van der Waals surface area contributed by atoms with Crippen LogP contribution in [0.1, 0.15) is 51.9 Å². The first kappa shape index (κ1) is 12.0. The van der Waals surface area contributed by atoms with Gasteiger partial charge in [-0.15, -0.1) is 0 Å². The van der Waals surface area contributed by atoms with Gasteiger partial charge in [0, 0.05) is 6.61 Å². The van der Waals surface area contributed by atoms with Crippen molar-refractivity contribution in [1.29, 1.82) is 0 Å². The van der Waals surface area contributed by atoms with Gasteiger partial charge in [0.2, 0.25) is 0 Å². The van der Waals surface area contributed by atoms with Crippen molar-refractivity contribution in [1.82, 2.24) is 0 Å². The van der Waals surface area contributed by atoms with Gasteiger partial charge in [-0.3, -0.25) is 0 Å². The van der Waals surface area contributed by atoms with Crippen molar-refractivity contribution >= 4 is 0 Å². The van der Waals surface area contributed by atoms with Gasteiger partial charge in [0.05, 0.1) is 19.3 Å². The fourth-order valence-corrected chi connectivity index (χ4v) is 2.00. The Bertz CT molecular complexity index is 117. The zero-order chi connectivity index (χ0) is 10.1. The summed E-state index contributed by atoms with van der Waals surface area (Å²) >= 11 is 0. The van der Waals surface area contributed by atoms with Crippen LogP contribution < -0.4 is 0 Å². The molecule has 0 aromatic heterocycles. The first-order chi connectivity index (χ1) is 6.93. The van der Waals surface area contributed by atoms with Gasteiger partial charge in [0.25, 0.3) is 0 Å². The topological polar surface area (TPSA) is 18.5 Å². The first-order valence-electron chi connectivity index (χ1n) is 6.13. The van der Waals surface area contributed by atoms with Crippen molar-refractivity contribution in [2.24, 2.45) is 0 Å². The van der Waals surface area contributed by atoms with E-state index >= 15 is 0 Å². The quantitative estimate of drug-likeness (QED) is 0.635. The van der Waals surface area contributed by atoms with E-state index in [0.29, 0.717) is 6.10 Å². The minimum atomic E-state index is 0.510. The summed E-state index contributed by atoms with van der Waals surface area (Å²) in [5.74, 6) is 0. The van der Waals surface area contributed by atoms with Gasteiger partial charge in [-0.25, -0.2) is 0 Å². The zero-order valence-corrected chi connectivity index (χ0v) is 9.46. The summed E-state index contributed by atoms with van der Waals surface area (Å²) in [5, 5.41) is 0. The van der Waals surface area contributed by atoms with Crippen LogP contribution in [0, 0.1) is 0 Å². The predicted molar refractivity (Wildman–Crippen MR) is 58.6 cm³/mol. The molecule has 0 aromatic rings. The molecule has 0 aromatic carbocycles. The molecule has 0 spiro atoms. The Balaban J connectivity index is 2.02. The molecule has 0 heterocycles. The summed E-state index contributed by atoms with van der Waals surface area (Å²) in [6, 6.07) is 0. The lowest BCUT2D eigenvalue weighted by Gasteiger charge is -2.20. The van der Waals surface area contributed by atoms with Crippen molar-refractivity contribution < 1.29 is 9.47 Å². The summed E-state index contributed by atoms with van der Waals surface area (Å²) in [4.78, 5) is 0. The lowest BCUT2D eigenvalue weighted by molar-refractivity contribution is -0.00321. The Morgan fingerprint density at radius 3 is 2.21 bits per heavy atom. The van der Waals surface area contributed by atoms with Gasteiger partial charge in [-0.05, 0) is 19.8 Å². The maximum atomic E-state index is 5.80. The number of hydrogen-bond acceptors (Lipinski definition) is 2. The summed E-state index contributed by atoms with van der Waals surface area (Å²) in [5.41, 5.74) is 0. The molecule has 0 unspecified atom stereocenters. The van der Waals surface area contributed by atoms with E-state index in [1.807, 2.05) is 6.92 Å². The minimum Gasteiger partial charge on any atom is -0.379 e. The molecular formula is C12H24O2. The van der Waals surface area contributed by atoms with Crippen LogP contribution in [0.25, 0.3) is 0 Å². The number of ether oxygens (including phenoxy) is 2. The second-order valence-electron chi connectivity index (χ2n) is 4.03. The molecule has 2 nitrogen and oxygen atoms in total. The van der Waals surface area contributed by atoms with Crippen molar-refractivity contribution in [2.75, 3.05) is 19.8 Å². The van der Waals surface area contributed by atoms with E-state index in [1.165, 1.54) is 44.9 Å². The van der Waals surface area contributed by atoms with Crippen LogP contribution in [0.2, 0.25) is 0 Å². The highest BCUT2D eigenvalue weighted by Gasteiger charge is 2.10. The molecule has 1 fully saturated rings. The fraction of sp³-hybridized carbons (Fsp3) is 1.00. The lowest BCUT2D eigenvalue weighted by Crippen LogP contribution is -2.17. The van der Waals surface area contributed by atoms with Crippen LogP contribution in [0.15, 0.2) is 0 Å². The van der Waals surface area contributed by atoms with Crippen LogP contribution in [0.4, 0.5) is 0 Å². The van der Waals surface area contributed by atoms with Gasteiger partial charge in [-0.1, -0.05) is 32.1 Å². The smallest absolute Gasteiger partial charge is 0.0704 e. The maximum absolute atomic E-state index is 5.80. The molecule has 0 amide bonds. The Kier molecular flexibility index (Phi) is 7.06. The molecule has 0 saturated heterocycles. The maximum Gasteiger partial charge on any atom is 0.0704 e. The third-order valence-electron chi connectivity index (χ3n) is 2.84. The molecule has 0 aliphatic heterocycles. The fourth-order valence-electron chi connectivity index (χ4n) is 2.00. The largest absolute Gasteiger partial charge is 0.379 e. The molecule has 1 aliphatic carbocycles. The number of rotatable bonds is 5. The number of hydrogen-bond donors (Lipinski definition) is 0. The van der Waals surface area contributed by atoms with E-state index in [0.717, 1.165) is 19.8 Å². The molecule has 0 atom stereocenters. The molecule has 1 aliphatic rings.